The van der Waals surface area contributed by atoms with Gasteiger partial charge in [0, 0.05) is 24.4 Å². The van der Waals surface area contributed by atoms with Crippen molar-refractivity contribution < 1.29 is 55.6 Å². The van der Waals surface area contributed by atoms with Gasteiger partial charge in [0.1, 0.15) is 30.1 Å². The van der Waals surface area contributed by atoms with E-state index in [-0.39, 0.29) is 41.4 Å². The SMILES string of the molecule is CCc1ccc(C(=O)Nc2nnc(S(=O)(=O)NC(CC(C)C)(NC(=O)c3cnccn3)C(=O)NC(C(=O)NC(CC3CCCCC3)C(=O)NC(CC(F)F)C(=O)C(=O)NCC=O)C(C)CC)s2)cc1. The first-order valence-corrected chi connectivity index (χ1v) is 24.8. The van der Waals surface area contributed by atoms with Crippen molar-refractivity contribution in [1.82, 2.24) is 51.5 Å². The lowest BCUT2D eigenvalue weighted by atomic mass is 9.84. The van der Waals surface area contributed by atoms with Crippen molar-refractivity contribution >= 4 is 74.0 Å². The normalized spacial score (nSPS) is 15.7. The molecule has 7 N–H and O–H groups in total. The van der Waals surface area contributed by atoms with E-state index in [4.69, 9.17) is 0 Å². The second-order valence-electron chi connectivity index (χ2n) is 17.1. The number of ketones is 1. The summed E-state index contributed by atoms with van der Waals surface area (Å²) in [4.78, 5) is 114. The molecule has 1 aromatic carbocycles. The molecule has 5 unspecified atom stereocenters. The lowest BCUT2D eigenvalue weighted by molar-refractivity contribution is -0.141. The van der Waals surface area contributed by atoms with Crippen molar-refractivity contribution in [2.45, 2.75) is 133 Å². The fourth-order valence-corrected chi connectivity index (χ4v) is 9.78. The van der Waals surface area contributed by atoms with Gasteiger partial charge in [0.15, 0.2) is 5.66 Å². The van der Waals surface area contributed by atoms with Crippen molar-refractivity contribution in [3.8, 4) is 0 Å². The highest BCUT2D eigenvalue weighted by molar-refractivity contribution is 7.91. The molecule has 1 saturated carbocycles. The molecule has 0 saturated heterocycles. The third kappa shape index (κ3) is 16.2. The van der Waals surface area contributed by atoms with E-state index in [1.54, 1.807) is 52.0 Å². The summed E-state index contributed by atoms with van der Waals surface area (Å²) in [6.07, 6.45) is 3.71. The van der Waals surface area contributed by atoms with Gasteiger partial charge in [-0.15, -0.1) is 10.2 Å². The van der Waals surface area contributed by atoms with Gasteiger partial charge < -0.3 is 31.4 Å². The maximum atomic E-state index is 15.0. The molecule has 6 amide bonds. The van der Waals surface area contributed by atoms with Gasteiger partial charge in [-0.1, -0.05) is 96.6 Å². The summed E-state index contributed by atoms with van der Waals surface area (Å²) >= 11 is 0.450. The van der Waals surface area contributed by atoms with Crippen LogP contribution < -0.4 is 36.6 Å². The van der Waals surface area contributed by atoms with Gasteiger partial charge in [0.25, 0.3) is 33.7 Å². The number of Topliss-reactive ketones (excluding diaryl/α,β-unsaturated/α-hetero) is 1. The van der Waals surface area contributed by atoms with Gasteiger partial charge in [-0.25, -0.2) is 22.2 Å². The largest absolute Gasteiger partial charge is 0.344 e. The zero-order chi connectivity index (χ0) is 50.9. The molecule has 3 aromatic rings. The Morgan fingerprint density at radius 1 is 0.884 bits per heavy atom. The summed E-state index contributed by atoms with van der Waals surface area (Å²) in [5, 5.41) is 21.7. The van der Waals surface area contributed by atoms with Crippen LogP contribution in [0, 0.1) is 17.8 Å². The molecule has 21 nitrogen and oxygen atoms in total. The highest BCUT2D eigenvalue weighted by atomic mass is 32.2. The van der Waals surface area contributed by atoms with Crippen LogP contribution in [-0.2, 0) is 45.2 Å². The molecule has 1 aliphatic rings. The van der Waals surface area contributed by atoms with E-state index in [0.29, 0.717) is 24.2 Å². The lowest BCUT2D eigenvalue weighted by Gasteiger charge is -2.37. The monoisotopic (exact) mass is 1000 g/mol. The van der Waals surface area contributed by atoms with E-state index in [2.05, 4.69) is 51.5 Å². The van der Waals surface area contributed by atoms with Crippen LogP contribution in [0.3, 0.4) is 0 Å². The van der Waals surface area contributed by atoms with E-state index in [1.165, 1.54) is 12.4 Å². The minimum atomic E-state index is -4.94. The number of amides is 6. The van der Waals surface area contributed by atoms with Crippen LogP contribution in [0.5, 0.6) is 0 Å². The molecule has 1 fully saturated rings. The summed E-state index contributed by atoms with van der Waals surface area (Å²) in [6, 6.07) is 1.60. The van der Waals surface area contributed by atoms with Crippen LogP contribution in [-0.4, -0.2) is 113 Å². The summed E-state index contributed by atoms with van der Waals surface area (Å²) in [6.45, 7) is 7.88. The molecule has 0 aliphatic heterocycles. The Balaban J connectivity index is 1.71. The summed E-state index contributed by atoms with van der Waals surface area (Å²) in [5.41, 5.74) is -1.69. The Hall–Kier alpha value is -6.21. The fraction of sp³-hybridized carbons (Fsp3) is 0.545. The number of sulfonamides is 1. The van der Waals surface area contributed by atoms with E-state index < -0.39 is 117 Å². The zero-order valence-corrected chi connectivity index (χ0v) is 40.5. The Morgan fingerprint density at radius 3 is 2.16 bits per heavy atom. The average molecular weight is 1000 g/mol. The Labute approximate surface area is 402 Å². The first-order chi connectivity index (χ1) is 32.7. The fourth-order valence-electron chi connectivity index (χ4n) is 7.58. The quantitative estimate of drug-likeness (QED) is 0.0263. The van der Waals surface area contributed by atoms with E-state index in [1.807, 2.05) is 12.2 Å². The number of benzene rings is 1. The van der Waals surface area contributed by atoms with Crippen molar-refractivity contribution in [2.75, 3.05) is 11.9 Å². The molecule has 2 heterocycles. The van der Waals surface area contributed by atoms with E-state index in [0.717, 1.165) is 37.4 Å². The van der Waals surface area contributed by atoms with Gasteiger partial charge in [0.2, 0.25) is 33.5 Å². The first kappa shape index (κ1) is 55.4. The summed E-state index contributed by atoms with van der Waals surface area (Å²) < 4.78 is 57.6. The number of rotatable bonds is 26. The minimum Gasteiger partial charge on any atom is -0.344 e. The Kier molecular flexibility index (Phi) is 20.8. The maximum absolute atomic E-state index is 15.0. The predicted molar refractivity (Wildman–Crippen MR) is 247 cm³/mol. The molecule has 0 bridgehead atoms. The van der Waals surface area contributed by atoms with Crippen molar-refractivity contribution in [3.63, 3.8) is 0 Å². The highest BCUT2D eigenvalue weighted by Gasteiger charge is 2.47. The van der Waals surface area contributed by atoms with Crippen LogP contribution in [0.1, 0.15) is 119 Å². The molecule has 69 heavy (non-hydrogen) atoms. The van der Waals surface area contributed by atoms with E-state index in [9.17, 15) is 55.6 Å². The number of nitrogens with zero attached hydrogens (tertiary/aromatic N) is 4. The third-order valence-electron chi connectivity index (χ3n) is 11.3. The van der Waals surface area contributed by atoms with Crippen molar-refractivity contribution in [2.24, 2.45) is 17.8 Å². The number of nitrogens with one attached hydrogen (secondary N) is 7. The molecular weight excluding hydrogens is 945 g/mol. The molecular formula is C44H59F2N11O10S2. The zero-order valence-electron chi connectivity index (χ0n) is 38.9. The van der Waals surface area contributed by atoms with Gasteiger partial charge >= 0.3 is 0 Å². The molecule has 4 rings (SSSR count). The summed E-state index contributed by atoms with van der Waals surface area (Å²) in [5.74, 6) is -9.23. The van der Waals surface area contributed by atoms with Gasteiger partial charge in [-0.05, 0) is 54.7 Å². The third-order valence-corrected chi connectivity index (χ3v) is 14.0. The van der Waals surface area contributed by atoms with Crippen LogP contribution >= 0.6 is 11.3 Å². The molecule has 0 radical (unpaired) electrons. The Morgan fingerprint density at radius 2 is 1.57 bits per heavy atom. The topological polar surface area (TPSA) is 306 Å². The number of aromatic nitrogens is 4. The number of hydrogen-bond donors (Lipinski definition) is 7. The number of alkyl halides is 2. The number of anilines is 1. The smallest absolute Gasteiger partial charge is 0.289 e. The first-order valence-electron chi connectivity index (χ1n) is 22.5. The lowest BCUT2D eigenvalue weighted by Crippen LogP contribution is -2.71. The van der Waals surface area contributed by atoms with E-state index >= 15 is 0 Å². The van der Waals surface area contributed by atoms with Crippen LogP contribution in [0.25, 0.3) is 0 Å². The standard InChI is InChI=1S/C44H59F2N11O10S2/c1-6-26(5)34(39(63)51-31(21-28-11-9-8-10-12-28)37(61)50-30(22-33(45)46)35(59)40(64)49-19-20-58)52-41(65)44(23-25(3)4,54-38(62)32-24-47-17-18-48-32)57-69(66,67)43-56-55-42(68-43)53-36(60)29-15-13-27(7-2)14-16-29/h13-18,20,24-26,28,30-31,33-34,57H,6-12,19,21-23H2,1-5H3,(H,49,64)(H,50,61)(H,51,63)(H,52,65)(H,54,62)(H,53,55,60). The molecule has 25 heteroatoms. The van der Waals surface area contributed by atoms with Gasteiger partial charge in [-0.2, -0.15) is 4.72 Å². The van der Waals surface area contributed by atoms with Gasteiger partial charge in [-0.3, -0.25) is 43.9 Å². The van der Waals surface area contributed by atoms with Crippen LogP contribution in [0.4, 0.5) is 13.9 Å². The maximum Gasteiger partial charge on any atom is 0.289 e. The molecule has 376 valence electrons. The number of carbonyl (C=O) groups is 8. The molecule has 1 aliphatic carbocycles. The highest BCUT2D eigenvalue weighted by Crippen LogP contribution is 2.29. The van der Waals surface area contributed by atoms with Crippen molar-refractivity contribution in [1.29, 1.82) is 0 Å². The summed E-state index contributed by atoms with van der Waals surface area (Å²) in [7, 11) is -4.94. The second kappa shape index (κ2) is 26.0. The van der Waals surface area contributed by atoms with Crippen LogP contribution in [0.15, 0.2) is 47.2 Å². The van der Waals surface area contributed by atoms with Crippen molar-refractivity contribution in [3.05, 3.63) is 59.7 Å². The molecule has 2 aromatic heterocycles. The predicted octanol–water partition coefficient (Wildman–Crippen LogP) is 2.60. The number of aldehydes is 1. The number of hydrogen-bond acceptors (Lipinski definition) is 15. The molecule has 5 atom stereocenters. The van der Waals surface area contributed by atoms with Crippen LogP contribution in [0.2, 0.25) is 0 Å². The van der Waals surface area contributed by atoms with Gasteiger partial charge in [0.05, 0.1) is 12.7 Å². The average Bonchev–Trinajstić information content (AvgIpc) is 3.81. The minimum absolute atomic E-state index is 0.0215. The number of halogens is 2. The molecule has 0 spiro atoms. The second-order valence-corrected chi connectivity index (χ2v) is 19.9. The number of carbonyl (C=O) groups excluding carboxylic acids is 8. The Bertz CT molecular complexity index is 2390. The number of aryl methyl sites for hydroxylation is 1.